The Bertz CT molecular complexity index is 548. The van der Waals surface area contributed by atoms with Crippen LogP contribution in [0.4, 0.5) is 0 Å². The molecule has 0 aliphatic rings. The Morgan fingerprint density at radius 3 is 2.05 bits per heavy atom. The predicted octanol–water partition coefficient (Wildman–Crippen LogP) is 2.95. The van der Waals surface area contributed by atoms with Crippen molar-refractivity contribution in [2.24, 2.45) is 0 Å². The Hall–Kier alpha value is -1.34. The first-order chi connectivity index (χ1) is 9.44. The molecule has 0 amide bonds. The maximum Gasteiger partial charge on any atom is 0.345 e. The van der Waals surface area contributed by atoms with E-state index in [1.54, 1.807) is 12.1 Å². The smallest absolute Gasteiger partial charge is 0.345 e. The van der Waals surface area contributed by atoms with Crippen molar-refractivity contribution >= 4 is 49.9 Å². The topological polar surface area (TPSA) is 61.8 Å². The van der Waals surface area contributed by atoms with Gasteiger partial charge in [0.05, 0.1) is 25.8 Å². The largest absolute Gasteiger partial charge is 0.495 e. The van der Waals surface area contributed by atoms with Gasteiger partial charge in [-0.3, -0.25) is 0 Å². The lowest BCUT2D eigenvalue weighted by molar-refractivity contribution is -0.143. The van der Waals surface area contributed by atoms with Crippen LogP contribution >= 0.6 is 31.9 Å². The first kappa shape index (κ1) is 16.7. The van der Waals surface area contributed by atoms with Gasteiger partial charge in [0.1, 0.15) is 11.3 Å². The maximum absolute atomic E-state index is 11.6. The van der Waals surface area contributed by atoms with Gasteiger partial charge < -0.3 is 14.2 Å². The molecule has 0 heterocycles. The van der Waals surface area contributed by atoms with Crippen molar-refractivity contribution in [3.8, 4) is 5.75 Å². The van der Waals surface area contributed by atoms with Gasteiger partial charge in [0.15, 0.2) is 0 Å². The third kappa shape index (κ3) is 3.83. The SMILES string of the molecule is COC(=O)C(=Cc1cc(Br)cc(Br)c1OC)C(=O)OC. The molecule has 0 N–H and O–H groups in total. The molecular weight excluding hydrogens is 396 g/mol. The number of rotatable bonds is 4. The fourth-order valence-electron chi connectivity index (χ4n) is 1.48. The van der Waals surface area contributed by atoms with Gasteiger partial charge in [-0.1, -0.05) is 15.9 Å². The minimum atomic E-state index is -0.782. The van der Waals surface area contributed by atoms with Gasteiger partial charge in [0.2, 0.25) is 0 Å². The quantitative estimate of drug-likeness (QED) is 0.332. The van der Waals surface area contributed by atoms with Crippen LogP contribution in [0, 0.1) is 0 Å². The third-order valence-electron chi connectivity index (χ3n) is 2.35. The van der Waals surface area contributed by atoms with Crippen LogP contribution in [0.3, 0.4) is 0 Å². The summed E-state index contributed by atoms with van der Waals surface area (Å²) in [6.45, 7) is 0. The molecule has 0 unspecified atom stereocenters. The van der Waals surface area contributed by atoms with Crippen LogP contribution in [-0.2, 0) is 19.1 Å². The molecule has 7 heteroatoms. The molecular formula is C13H12Br2O5. The van der Waals surface area contributed by atoms with Crippen LogP contribution < -0.4 is 4.74 Å². The van der Waals surface area contributed by atoms with E-state index in [-0.39, 0.29) is 5.57 Å². The van der Waals surface area contributed by atoms with E-state index in [0.29, 0.717) is 15.8 Å². The van der Waals surface area contributed by atoms with E-state index in [0.717, 1.165) is 4.47 Å². The number of hydrogen-bond acceptors (Lipinski definition) is 5. The zero-order chi connectivity index (χ0) is 15.3. The monoisotopic (exact) mass is 406 g/mol. The normalized spacial score (nSPS) is 9.65. The molecule has 0 saturated heterocycles. The average Bonchev–Trinajstić information content (AvgIpc) is 2.42. The molecule has 0 aliphatic carbocycles. The van der Waals surface area contributed by atoms with Crippen LogP contribution in [0.15, 0.2) is 26.7 Å². The number of esters is 2. The van der Waals surface area contributed by atoms with Crippen LogP contribution in [-0.4, -0.2) is 33.3 Å². The lowest BCUT2D eigenvalue weighted by Crippen LogP contribution is -2.15. The number of benzene rings is 1. The van der Waals surface area contributed by atoms with Crippen molar-refractivity contribution in [1.82, 2.24) is 0 Å². The second-order valence-electron chi connectivity index (χ2n) is 3.55. The lowest BCUT2D eigenvalue weighted by Gasteiger charge is -2.10. The zero-order valence-corrected chi connectivity index (χ0v) is 14.2. The minimum absolute atomic E-state index is 0.224. The second kappa shape index (κ2) is 7.44. The summed E-state index contributed by atoms with van der Waals surface area (Å²) in [4.78, 5) is 23.3. The van der Waals surface area contributed by atoms with Crippen molar-refractivity contribution in [3.05, 3.63) is 32.2 Å². The summed E-state index contributed by atoms with van der Waals surface area (Å²) in [6.07, 6.45) is 1.35. The van der Waals surface area contributed by atoms with Gasteiger partial charge in [0.25, 0.3) is 0 Å². The first-order valence-electron chi connectivity index (χ1n) is 5.36. The fourth-order valence-corrected chi connectivity index (χ4v) is 2.90. The molecule has 0 saturated carbocycles. The first-order valence-corrected chi connectivity index (χ1v) is 6.94. The van der Waals surface area contributed by atoms with E-state index in [1.165, 1.54) is 27.4 Å². The number of carbonyl (C=O) groups excluding carboxylic acids is 2. The summed E-state index contributed by atoms with van der Waals surface area (Å²) >= 11 is 6.67. The van der Waals surface area contributed by atoms with Gasteiger partial charge >= 0.3 is 11.9 Å². The summed E-state index contributed by atoms with van der Waals surface area (Å²) in [5, 5.41) is 0. The van der Waals surface area contributed by atoms with E-state index in [9.17, 15) is 9.59 Å². The van der Waals surface area contributed by atoms with Crippen molar-refractivity contribution < 1.29 is 23.8 Å². The molecule has 1 aromatic rings. The van der Waals surface area contributed by atoms with E-state index in [2.05, 4.69) is 41.3 Å². The Morgan fingerprint density at radius 2 is 1.60 bits per heavy atom. The molecule has 0 atom stereocenters. The fraction of sp³-hybridized carbons (Fsp3) is 0.231. The van der Waals surface area contributed by atoms with Crippen LogP contribution in [0.25, 0.3) is 6.08 Å². The van der Waals surface area contributed by atoms with E-state index < -0.39 is 11.9 Å². The molecule has 0 radical (unpaired) electrons. The molecule has 0 bridgehead atoms. The highest BCUT2D eigenvalue weighted by Crippen LogP contribution is 2.34. The molecule has 1 rings (SSSR count). The van der Waals surface area contributed by atoms with Crippen LogP contribution in [0.1, 0.15) is 5.56 Å². The molecule has 0 fully saturated rings. The maximum atomic E-state index is 11.6. The summed E-state index contributed by atoms with van der Waals surface area (Å²) in [6, 6.07) is 3.49. The Balaban J connectivity index is 3.44. The van der Waals surface area contributed by atoms with Gasteiger partial charge in [-0.2, -0.15) is 0 Å². The highest BCUT2D eigenvalue weighted by molar-refractivity contribution is 9.11. The van der Waals surface area contributed by atoms with Crippen molar-refractivity contribution in [1.29, 1.82) is 0 Å². The van der Waals surface area contributed by atoms with E-state index in [1.807, 2.05) is 0 Å². The molecule has 0 aliphatic heterocycles. The molecule has 1 aromatic carbocycles. The average molecular weight is 408 g/mol. The lowest BCUT2D eigenvalue weighted by atomic mass is 10.1. The Morgan fingerprint density at radius 1 is 1.05 bits per heavy atom. The van der Waals surface area contributed by atoms with E-state index >= 15 is 0 Å². The number of halogens is 2. The van der Waals surface area contributed by atoms with Crippen molar-refractivity contribution in [2.45, 2.75) is 0 Å². The van der Waals surface area contributed by atoms with Gasteiger partial charge in [-0.05, 0) is 34.1 Å². The van der Waals surface area contributed by atoms with Gasteiger partial charge in [-0.15, -0.1) is 0 Å². The highest BCUT2D eigenvalue weighted by atomic mass is 79.9. The predicted molar refractivity (Wildman–Crippen MR) is 80.4 cm³/mol. The Kier molecular flexibility index (Phi) is 6.22. The van der Waals surface area contributed by atoms with Gasteiger partial charge in [0, 0.05) is 10.0 Å². The summed E-state index contributed by atoms with van der Waals surface area (Å²) in [7, 11) is 3.86. The molecule has 0 aromatic heterocycles. The van der Waals surface area contributed by atoms with Gasteiger partial charge in [-0.25, -0.2) is 9.59 Å². The number of carbonyl (C=O) groups is 2. The van der Waals surface area contributed by atoms with Crippen molar-refractivity contribution in [2.75, 3.05) is 21.3 Å². The van der Waals surface area contributed by atoms with Crippen LogP contribution in [0.2, 0.25) is 0 Å². The molecule has 108 valence electrons. The summed E-state index contributed by atoms with van der Waals surface area (Å²) in [5.74, 6) is -1.08. The molecule has 20 heavy (non-hydrogen) atoms. The standard InChI is InChI=1S/C13H12Br2O5/c1-18-11-7(4-8(14)6-10(11)15)5-9(12(16)19-2)13(17)20-3/h4-6H,1-3H3. The Labute approximate surface area is 133 Å². The highest BCUT2D eigenvalue weighted by Gasteiger charge is 2.21. The summed E-state index contributed by atoms with van der Waals surface area (Å²) in [5.41, 5.74) is 0.304. The third-order valence-corrected chi connectivity index (χ3v) is 3.40. The minimum Gasteiger partial charge on any atom is -0.495 e. The zero-order valence-electron chi connectivity index (χ0n) is 11.0. The van der Waals surface area contributed by atoms with E-state index in [4.69, 9.17) is 4.74 Å². The molecule has 5 nitrogen and oxygen atoms in total. The number of methoxy groups -OCH3 is 3. The number of ether oxygens (including phenoxy) is 3. The summed E-state index contributed by atoms with van der Waals surface area (Å²) < 4.78 is 15.8. The van der Waals surface area contributed by atoms with Crippen molar-refractivity contribution in [3.63, 3.8) is 0 Å². The number of hydrogen-bond donors (Lipinski definition) is 0. The molecule has 0 spiro atoms. The second-order valence-corrected chi connectivity index (χ2v) is 5.32. The van der Waals surface area contributed by atoms with Crippen LogP contribution in [0.5, 0.6) is 5.75 Å².